The molecule has 22 heavy (non-hydrogen) atoms. The normalized spacial score (nSPS) is 11.2. The highest BCUT2D eigenvalue weighted by atomic mass is 32.1. The predicted octanol–water partition coefficient (Wildman–Crippen LogP) is 2.31. The maximum absolute atomic E-state index is 12.2. The van der Waals surface area contributed by atoms with Gasteiger partial charge in [0.2, 0.25) is 0 Å². The summed E-state index contributed by atoms with van der Waals surface area (Å²) in [6.45, 7) is 1.64. The molecular weight excluding hydrogens is 298 g/mol. The summed E-state index contributed by atoms with van der Waals surface area (Å²) in [5, 5.41) is 8.20. The number of anilines is 1. The molecule has 0 fully saturated rings. The van der Waals surface area contributed by atoms with Crippen LogP contribution in [-0.4, -0.2) is 45.6 Å². The molecule has 0 bridgehead atoms. The maximum Gasteiger partial charge on any atom is 0.276 e. The van der Waals surface area contributed by atoms with Crippen molar-refractivity contribution in [2.45, 2.75) is 6.54 Å². The summed E-state index contributed by atoms with van der Waals surface area (Å²) in [5.41, 5.74) is 1.17. The molecule has 2 aromatic heterocycles. The van der Waals surface area contributed by atoms with Crippen molar-refractivity contribution in [2.24, 2.45) is 0 Å². The van der Waals surface area contributed by atoms with E-state index in [1.54, 1.807) is 16.9 Å². The minimum absolute atomic E-state index is 0.203. The smallest absolute Gasteiger partial charge is 0.276 e. The van der Waals surface area contributed by atoms with Crippen molar-refractivity contribution in [2.75, 3.05) is 26.0 Å². The van der Waals surface area contributed by atoms with E-state index in [-0.39, 0.29) is 5.91 Å². The molecule has 3 aromatic rings. The highest BCUT2D eigenvalue weighted by Gasteiger charge is 2.10. The van der Waals surface area contributed by atoms with Crippen molar-refractivity contribution in [1.82, 2.24) is 19.1 Å². The monoisotopic (exact) mass is 315 g/mol. The summed E-state index contributed by atoms with van der Waals surface area (Å²) in [6.07, 6.45) is 3.62. The van der Waals surface area contributed by atoms with Crippen LogP contribution in [0.15, 0.2) is 36.7 Å². The van der Waals surface area contributed by atoms with E-state index in [9.17, 15) is 4.79 Å². The number of hydrogen-bond donors (Lipinski definition) is 1. The van der Waals surface area contributed by atoms with E-state index in [2.05, 4.69) is 19.7 Å². The number of carbonyl (C=O) groups is 1. The van der Waals surface area contributed by atoms with Gasteiger partial charge < -0.3 is 10.2 Å². The number of hydrogen-bond acceptors (Lipinski definition) is 5. The summed E-state index contributed by atoms with van der Waals surface area (Å²) in [4.78, 5) is 14.3. The van der Waals surface area contributed by atoms with E-state index < -0.39 is 0 Å². The molecule has 3 rings (SSSR count). The zero-order chi connectivity index (χ0) is 15.5. The van der Waals surface area contributed by atoms with Gasteiger partial charge in [-0.2, -0.15) is 9.47 Å². The zero-order valence-corrected chi connectivity index (χ0v) is 13.3. The first-order chi connectivity index (χ1) is 10.6. The van der Waals surface area contributed by atoms with Crippen LogP contribution < -0.4 is 5.32 Å². The van der Waals surface area contributed by atoms with E-state index in [1.807, 2.05) is 38.5 Å². The van der Waals surface area contributed by atoms with Crippen LogP contribution in [0.5, 0.6) is 0 Å². The molecule has 0 aliphatic rings. The standard InChI is InChI=1S/C15H17N5OS/c1-19(2)7-8-20-6-5-13(18-20)15(21)17-12-3-4-14-11(9-12)10-16-22-14/h3-6,9-10H,7-8H2,1-2H3,(H,17,21). The number of nitrogens with zero attached hydrogens (tertiary/aromatic N) is 4. The molecule has 1 N–H and O–H groups in total. The molecule has 0 aliphatic heterocycles. The van der Waals surface area contributed by atoms with Crippen LogP contribution in [0.4, 0.5) is 5.69 Å². The van der Waals surface area contributed by atoms with Crippen LogP contribution in [0.1, 0.15) is 10.5 Å². The number of amides is 1. The number of benzene rings is 1. The van der Waals surface area contributed by atoms with Crippen molar-refractivity contribution >= 4 is 33.2 Å². The topological polar surface area (TPSA) is 63.1 Å². The molecule has 114 valence electrons. The lowest BCUT2D eigenvalue weighted by Gasteiger charge is -2.08. The Morgan fingerprint density at radius 1 is 1.36 bits per heavy atom. The zero-order valence-electron chi connectivity index (χ0n) is 12.5. The van der Waals surface area contributed by atoms with Crippen LogP contribution in [0.25, 0.3) is 10.1 Å². The Hall–Kier alpha value is -2.25. The third-order valence-electron chi connectivity index (χ3n) is 3.26. The van der Waals surface area contributed by atoms with Crippen molar-refractivity contribution in [3.63, 3.8) is 0 Å². The van der Waals surface area contributed by atoms with Crippen LogP contribution >= 0.6 is 11.5 Å². The Labute approximate surface area is 132 Å². The van der Waals surface area contributed by atoms with E-state index in [4.69, 9.17) is 0 Å². The number of aromatic nitrogens is 3. The molecule has 0 unspecified atom stereocenters. The second-order valence-corrected chi connectivity index (χ2v) is 6.13. The van der Waals surface area contributed by atoms with Gasteiger partial charge in [-0.25, -0.2) is 0 Å². The number of nitrogens with one attached hydrogen (secondary N) is 1. The average molecular weight is 315 g/mol. The first kappa shape index (κ1) is 14.7. The van der Waals surface area contributed by atoms with Gasteiger partial charge in [-0.3, -0.25) is 9.48 Å². The molecule has 0 spiro atoms. The molecule has 0 aliphatic carbocycles. The number of rotatable bonds is 5. The van der Waals surface area contributed by atoms with Gasteiger partial charge in [0.1, 0.15) is 0 Å². The van der Waals surface area contributed by atoms with Crippen LogP contribution in [0, 0.1) is 0 Å². The highest BCUT2D eigenvalue weighted by molar-refractivity contribution is 7.13. The van der Waals surface area contributed by atoms with E-state index >= 15 is 0 Å². The minimum Gasteiger partial charge on any atom is -0.321 e. The first-order valence-electron chi connectivity index (χ1n) is 6.96. The second kappa shape index (κ2) is 6.25. The number of carbonyl (C=O) groups excluding carboxylic acids is 1. The lowest BCUT2D eigenvalue weighted by molar-refractivity contribution is 0.102. The Kier molecular flexibility index (Phi) is 4.17. The van der Waals surface area contributed by atoms with Gasteiger partial charge in [-0.15, -0.1) is 0 Å². The summed E-state index contributed by atoms with van der Waals surface area (Å²) >= 11 is 1.44. The van der Waals surface area contributed by atoms with Gasteiger partial charge in [0.25, 0.3) is 5.91 Å². The van der Waals surface area contributed by atoms with Gasteiger partial charge in [-0.1, -0.05) is 0 Å². The molecule has 2 heterocycles. The molecule has 0 saturated carbocycles. The predicted molar refractivity (Wildman–Crippen MR) is 88.4 cm³/mol. The average Bonchev–Trinajstić information content (AvgIpc) is 3.13. The lowest BCUT2D eigenvalue weighted by atomic mass is 10.2. The van der Waals surface area contributed by atoms with Gasteiger partial charge in [-0.05, 0) is 49.9 Å². The Morgan fingerprint density at radius 3 is 3.05 bits per heavy atom. The minimum atomic E-state index is -0.203. The van der Waals surface area contributed by atoms with Crippen molar-refractivity contribution in [1.29, 1.82) is 0 Å². The fraction of sp³-hybridized carbons (Fsp3) is 0.267. The molecule has 0 saturated heterocycles. The quantitative estimate of drug-likeness (QED) is 0.785. The van der Waals surface area contributed by atoms with Gasteiger partial charge in [0.15, 0.2) is 5.69 Å². The van der Waals surface area contributed by atoms with Crippen LogP contribution in [0.2, 0.25) is 0 Å². The number of likely N-dealkylation sites (N-methyl/N-ethyl adjacent to an activating group) is 1. The summed E-state index contributed by atoms with van der Waals surface area (Å²) in [5.74, 6) is -0.203. The van der Waals surface area contributed by atoms with E-state index in [1.165, 1.54) is 11.5 Å². The molecular formula is C15H17N5OS. The Balaban J connectivity index is 1.68. The fourth-order valence-corrected chi connectivity index (χ4v) is 2.68. The van der Waals surface area contributed by atoms with Crippen molar-refractivity contribution in [3.8, 4) is 0 Å². The third-order valence-corrected chi connectivity index (χ3v) is 4.04. The number of fused-ring (bicyclic) bond motifs is 1. The maximum atomic E-state index is 12.2. The van der Waals surface area contributed by atoms with Gasteiger partial charge >= 0.3 is 0 Å². The molecule has 7 heteroatoms. The largest absolute Gasteiger partial charge is 0.321 e. The molecule has 1 aromatic carbocycles. The van der Waals surface area contributed by atoms with Crippen LogP contribution in [0.3, 0.4) is 0 Å². The van der Waals surface area contributed by atoms with E-state index in [0.717, 1.165) is 28.9 Å². The van der Waals surface area contributed by atoms with Crippen LogP contribution in [-0.2, 0) is 6.54 Å². The van der Waals surface area contributed by atoms with Crippen molar-refractivity contribution < 1.29 is 4.79 Å². The SMILES string of the molecule is CN(C)CCn1ccc(C(=O)Nc2ccc3sncc3c2)n1. The molecule has 6 nitrogen and oxygen atoms in total. The summed E-state index contributed by atoms with van der Waals surface area (Å²) in [7, 11) is 4.01. The Morgan fingerprint density at radius 2 is 2.23 bits per heavy atom. The Bertz CT molecular complexity index is 792. The van der Waals surface area contributed by atoms with Gasteiger partial charge in [0, 0.05) is 30.0 Å². The summed E-state index contributed by atoms with van der Waals surface area (Å²) < 4.78 is 7.01. The van der Waals surface area contributed by atoms with E-state index in [0.29, 0.717) is 5.69 Å². The lowest BCUT2D eigenvalue weighted by Crippen LogP contribution is -2.19. The highest BCUT2D eigenvalue weighted by Crippen LogP contribution is 2.22. The third kappa shape index (κ3) is 3.32. The fourth-order valence-electron chi connectivity index (χ4n) is 2.06. The molecule has 0 atom stereocenters. The molecule has 1 amide bonds. The summed E-state index contributed by atoms with van der Waals surface area (Å²) in [6, 6.07) is 7.48. The molecule has 0 radical (unpaired) electrons. The van der Waals surface area contributed by atoms with Gasteiger partial charge in [0.05, 0.1) is 11.2 Å². The van der Waals surface area contributed by atoms with Crippen molar-refractivity contribution in [3.05, 3.63) is 42.4 Å². The first-order valence-corrected chi connectivity index (χ1v) is 7.73. The second-order valence-electron chi connectivity index (χ2n) is 5.30.